The Hall–Kier alpha value is -0.480. The summed E-state index contributed by atoms with van der Waals surface area (Å²) in [5.41, 5.74) is 0. The van der Waals surface area contributed by atoms with Crippen molar-refractivity contribution >= 4 is 11.8 Å². The smallest absolute Gasteiger partial charge is 0.125 e. The standard InChI is InChI=1S/C13H25N3S/c1-4-7-14-12(6-11-17-3)13-15-8-10-16(13)9-5-2/h8,10,12,14H,4-7,9,11H2,1-3H3. The maximum atomic E-state index is 4.53. The predicted molar refractivity (Wildman–Crippen MR) is 76.6 cm³/mol. The van der Waals surface area contributed by atoms with Crippen molar-refractivity contribution in [3.63, 3.8) is 0 Å². The number of aryl methyl sites for hydroxylation is 1. The highest BCUT2D eigenvalue weighted by atomic mass is 32.2. The SMILES string of the molecule is CCCNC(CCSC)c1nccn1CCC. The van der Waals surface area contributed by atoms with Crippen LogP contribution in [0.2, 0.25) is 0 Å². The normalized spacial score (nSPS) is 12.9. The van der Waals surface area contributed by atoms with E-state index in [-0.39, 0.29) is 0 Å². The monoisotopic (exact) mass is 255 g/mol. The number of nitrogens with one attached hydrogen (secondary N) is 1. The molecule has 1 rings (SSSR count). The average Bonchev–Trinajstić information content (AvgIpc) is 2.78. The van der Waals surface area contributed by atoms with Crippen LogP contribution in [0, 0.1) is 0 Å². The van der Waals surface area contributed by atoms with Crippen molar-refractivity contribution in [1.82, 2.24) is 14.9 Å². The molecule has 0 radical (unpaired) electrons. The zero-order valence-electron chi connectivity index (χ0n) is 11.3. The lowest BCUT2D eigenvalue weighted by Crippen LogP contribution is -2.26. The van der Waals surface area contributed by atoms with Crippen molar-refractivity contribution in [2.75, 3.05) is 18.6 Å². The molecule has 3 nitrogen and oxygen atoms in total. The van der Waals surface area contributed by atoms with Gasteiger partial charge in [0.1, 0.15) is 5.82 Å². The minimum Gasteiger partial charge on any atom is -0.334 e. The summed E-state index contributed by atoms with van der Waals surface area (Å²) in [6, 6.07) is 0.406. The molecule has 0 aliphatic carbocycles. The quantitative estimate of drug-likeness (QED) is 0.735. The highest BCUT2D eigenvalue weighted by molar-refractivity contribution is 7.98. The molecular weight excluding hydrogens is 230 g/mol. The molecule has 4 heteroatoms. The minimum atomic E-state index is 0.406. The van der Waals surface area contributed by atoms with E-state index in [1.807, 2.05) is 18.0 Å². The van der Waals surface area contributed by atoms with E-state index in [4.69, 9.17) is 0 Å². The van der Waals surface area contributed by atoms with Crippen LogP contribution in [-0.2, 0) is 6.54 Å². The van der Waals surface area contributed by atoms with Crippen LogP contribution in [0.1, 0.15) is 45.0 Å². The predicted octanol–water partition coefficient (Wildman–Crippen LogP) is 3.09. The molecular formula is C13H25N3S. The molecule has 0 aliphatic rings. The van der Waals surface area contributed by atoms with E-state index in [9.17, 15) is 0 Å². The second kappa shape index (κ2) is 8.59. The Morgan fingerprint density at radius 2 is 2.24 bits per heavy atom. The number of thioether (sulfide) groups is 1. The number of aromatic nitrogens is 2. The molecule has 0 bridgehead atoms. The topological polar surface area (TPSA) is 29.9 Å². The molecule has 1 aromatic heterocycles. The van der Waals surface area contributed by atoms with Crippen LogP contribution in [0.5, 0.6) is 0 Å². The zero-order chi connectivity index (χ0) is 12.5. The van der Waals surface area contributed by atoms with Gasteiger partial charge < -0.3 is 9.88 Å². The van der Waals surface area contributed by atoms with Gasteiger partial charge in [-0.15, -0.1) is 0 Å². The van der Waals surface area contributed by atoms with E-state index in [2.05, 4.69) is 41.2 Å². The first-order chi connectivity index (χ1) is 8.33. The summed E-state index contributed by atoms with van der Waals surface area (Å²) in [4.78, 5) is 4.53. The second-order valence-electron chi connectivity index (χ2n) is 4.27. The van der Waals surface area contributed by atoms with E-state index in [0.29, 0.717) is 6.04 Å². The molecule has 0 aromatic carbocycles. The lowest BCUT2D eigenvalue weighted by atomic mass is 10.2. The summed E-state index contributed by atoms with van der Waals surface area (Å²) in [6.45, 7) is 6.55. The highest BCUT2D eigenvalue weighted by Gasteiger charge is 2.15. The molecule has 0 saturated heterocycles. The van der Waals surface area contributed by atoms with Crippen molar-refractivity contribution in [2.45, 2.75) is 45.7 Å². The fourth-order valence-corrected chi connectivity index (χ4v) is 2.41. The summed E-state index contributed by atoms with van der Waals surface area (Å²) in [5.74, 6) is 2.38. The number of imidazole rings is 1. The summed E-state index contributed by atoms with van der Waals surface area (Å²) in [7, 11) is 0. The Kier molecular flexibility index (Phi) is 7.37. The van der Waals surface area contributed by atoms with Crippen LogP contribution in [-0.4, -0.2) is 28.1 Å². The summed E-state index contributed by atoms with van der Waals surface area (Å²) in [5, 5.41) is 3.61. The number of rotatable bonds is 9. The van der Waals surface area contributed by atoms with Crippen LogP contribution >= 0.6 is 11.8 Å². The van der Waals surface area contributed by atoms with Gasteiger partial charge in [-0.3, -0.25) is 0 Å². The molecule has 0 saturated carbocycles. The molecule has 1 heterocycles. The molecule has 17 heavy (non-hydrogen) atoms. The van der Waals surface area contributed by atoms with E-state index >= 15 is 0 Å². The first kappa shape index (κ1) is 14.6. The Morgan fingerprint density at radius 3 is 2.88 bits per heavy atom. The Labute approximate surface area is 109 Å². The third kappa shape index (κ3) is 4.72. The van der Waals surface area contributed by atoms with Crippen molar-refractivity contribution in [3.05, 3.63) is 18.2 Å². The molecule has 1 unspecified atom stereocenters. The van der Waals surface area contributed by atoms with Gasteiger partial charge in [0, 0.05) is 18.9 Å². The van der Waals surface area contributed by atoms with Gasteiger partial charge in [-0.05, 0) is 37.8 Å². The zero-order valence-corrected chi connectivity index (χ0v) is 12.1. The Bertz CT molecular complexity index is 291. The molecule has 1 atom stereocenters. The summed E-state index contributed by atoms with van der Waals surface area (Å²) in [6.07, 6.45) is 9.66. The number of nitrogens with zero attached hydrogens (tertiary/aromatic N) is 2. The van der Waals surface area contributed by atoms with Gasteiger partial charge in [-0.2, -0.15) is 11.8 Å². The second-order valence-corrected chi connectivity index (χ2v) is 5.25. The Morgan fingerprint density at radius 1 is 1.41 bits per heavy atom. The highest BCUT2D eigenvalue weighted by Crippen LogP contribution is 2.17. The van der Waals surface area contributed by atoms with E-state index < -0.39 is 0 Å². The largest absolute Gasteiger partial charge is 0.334 e. The average molecular weight is 255 g/mol. The van der Waals surface area contributed by atoms with E-state index in [0.717, 1.165) is 25.9 Å². The van der Waals surface area contributed by atoms with Gasteiger partial charge >= 0.3 is 0 Å². The molecule has 0 fully saturated rings. The fourth-order valence-electron chi connectivity index (χ4n) is 1.94. The minimum absolute atomic E-state index is 0.406. The number of hydrogen-bond donors (Lipinski definition) is 1. The van der Waals surface area contributed by atoms with Crippen LogP contribution < -0.4 is 5.32 Å². The van der Waals surface area contributed by atoms with Crippen LogP contribution in [0.4, 0.5) is 0 Å². The van der Waals surface area contributed by atoms with Crippen molar-refractivity contribution in [2.24, 2.45) is 0 Å². The van der Waals surface area contributed by atoms with Gasteiger partial charge in [0.15, 0.2) is 0 Å². The third-order valence-electron chi connectivity index (χ3n) is 2.78. The van der Waals surface area contributed by atoms with Crippen molar-refractivity contribution in [3.8, 4) is 0 Å². The first-order valence-corrected chi connectivity index (χ1v) is 7.96. The van der Waals surface area contributed by atoms with E-state index in [1.165, 1.54) is 18.0 Å². The third-order valence-corrected chi connectivity index (χ3v) is 3.42. The first-order valence-electron chi connectivity index (χ1n) is 6.56. The van der Waals surface area contributed by atoms with Crippen LogP contribution in [0.15, 0.2) is 12.4 Å². The maximum absolute atomic E-state index is 4.53. The summed E-state index contributed by atoms with van der Waals surface area (Å²) < 4.78 is 2.29. The van der Waals surface area contributed by atoms with E-state index in [1.54, 1.807) is 0 Å². The van der Waals surface area contributed by atoms with Crippen molar-refractivity contribution < 1.29 is 0 Å². The molecule has 98 valence electrons. The van der Waals surface area contributed by atoms with Crippen molar-refractivity contribution in [1.29, 1.82) is 0 Å². The maximum Gasteiger partial charge on any atom is 0.125 e. The fraction of sp³-hybridized carbons (Fsp3) is 0.769. The van der Waals surface area contributed by atoms with Gasteiger partial charge in [0.05, 0.1) is 6.04 Å². The number of hydrogen-bond acceptors (Lipinski definition) is 3. The summed E-state index contributed by atoms with van der Waals surface area (Å²) >= 11 is 1.90. The lowest BCUT2D eigenvalue weighted by molar-refractivity contribution is 0.470. The lowest BCUT2D eigenvalue weighted by Gasteiger charge is -2.19. The van der Waals surface area contributed by atoms with Gasteiger partial charge in [-0.25, -0.2) is 4.98 Å². The van der Waals surface area contributed by atoms with Crippen LogP contribution in [0.3, 0.4) is 0 Å². The Balaban J connectivity index is 2.68. The van der Waals surface area contributed by atoms with Gasteiger partial charge in [-0.1, -0.05) is 13.8 Å². The molecule has 1 N–H and O–H groups in total. The van der Waals surface area contributed by atoms with Gasteiger partial charge in [0.2, 0.25) is 0 Å². The molecule has 0 aliphatic heterocycles. The molecule has 0 spiro atoms. The van der Waals surface area contributed by atoms with Gasteiger partial charge in [0.25, 0.3) is 0 Å². The molecule has 0 amide bonds. The molecule has 1 aromatic rings. The van der Waals surface area contributed by atoms with Crippen LogP contribution in [0.25, 0.3) is 0 Å².